The maximum atomic E-state index is 14.0. The number of nitrogens with two attached hydrogens (primary N) is 2. The molecular weight excluding hydrogens is 646 g/mol. The summed E-state index contributed by atoms with van der Waals surface area (Å²) >= 11 is 0. The Bertz CT molecular complexity index is 1830. The van der Waals surface area contributed by atoms with Crippen LogP contribution < -0.4 is 26.0 Å². The van der Waals surface area contributed by atoms with Crippen LogP contribution >= 0.6 is 0 Å². The molecule has 14 heteroatoms. The third-order valence-electron chi connectivity index (χ3n) is 9.90. The summed E-state index contributed by atoms with van der Waals surface area (Å²) in [7, 11) is 1.65. The summed E-state index contributed by atoms with van der Waals surface area (Å²) in [6.45, 7) is 9.99. The van der Waals surface area contributed by atoms with Crippen LogP contribution in [0.1, 0.15) is 50.4 Å². The fraction of sp³-hybridized carbons (Fsp3) is 0.432. The number of aliphatic imine (C=N–C) groups is 2. The molecular formula is C37H47N11O3. The van der Waals surface area contributed by atoms with Gasteiger partial charge in [0.15, 0.2) is 0 Å². The maximum absolute atomic E-state index is 14.0. The van der Waals surface area contributed by atoms with Gasteiger partial charge in [-0.25, -0.2) is 15.0 Å². The van der Waals surface area contributed by atoms with Gasteiger partial charge in [0.2, 0.25) is 17.7 Å². The van der Waals surface area contributed by atoms with Crippen LogP contribution in [0.4, 0.5) is 17.2 Å². The zero-order valence-electron chi connectivity index (χ0n) is 29.7. The number of amidine groups is 1. The van der Waals surface area contributed by atoms with Crippen LogP contribution in [-0.2, 0) is 9.59 Å². The van der Waals surface area contributed by atoms with E-state index in [0.717, 1.165) is 24.3 Å². The highest BCUT2D eigenvalue weighted by Crippen LogP contribution is 2.42. The van der Waals surface area contributed by atoms with E-state index in [1.807, 2.05) is 43.0 Å². The number of hydrogen-bond acceptors (Lipinski definition) is 10. The van der Waals surface area contributed by atoms with Gasteiger partial charge in [-0.15, -0.1) is 0 Å². The summed E-state index contributed by atoms with van der Waals surface area (Å²) in [5.41, 5.74) is 14.9. The van der Waals surface area contributed by atoms with Gasteiger partial charge in [0, 0.05) is 74.9 Å². The lowest BCUT2D eigenvalue weighted by atomic mass is 9.85. The average Bonchev–Trinajstić information content (AvgIpc) is 3.68. The summed E-state index contributed by atoms with van der Waals surface area (Å²) in [6.07, 6.45) is 4.34. The fourth-order valence-corrected chi connectivity index (χ4v) is 7.18. The first-order chi connectivity index (χ1) is 24.5. The summed E-state index contributed by atoms with van der Waals surface area (Å²) < 4.78 is 5.62. The molecule has 0 aliphatic carbocycles. The average molecular weight is 694 g/mol. The molecule has 3 aliphatic heterocycles. The number of amides is 2. The van der Waals surface area contributed by atoms with E-state index in [4.69, 9.17) is 26.6 Å². The first kappa shape index (κ1) is 35.5. The molecule has 0 radical (unpaired) electrons. The minimum absolute atomic E-state index is 0.00331. The van der Waals surface area contributed by atoms with E-state index >= 15 is 0 Å². The lowest BCUT2D eigenvalue weighted by Crippen LogP contribution is -2.56. The van der Waals surface area contributed by atoms with Crippen molar-refractivity contribution in [2.75, 3.05) is 68.4 Å². The summed E-state index contributed by atoms with van der Waals surface area (Å²) in [6, 6.07) is 14.9. The number of ether oxygens (including phenoxy) is 1. The number of nitrogens with one attached hydrogen (secondary N) is 1. The second-order valence-corrected chi connectivity index (χ2v) is 13.8. The normalized spacial score (nSPS) is 21.4. The number of pyridine rings is 2. The number of carbonyl (C=O) groups is 2. The number of hydrogen-bond donors (Lipinski definition) is 3. The van der Waals surface area contributed by atoms with Crippen molar-refractivity contribution in [2.45, 2.75) is 45.8 Å². The number of aromatic nitrogens is 2. The van der Waals surface area contributed by atoms with Crippen LogP contribution in [0, 0.1) is 10.8 Å². The highest BCUT2D eigenvalue weighted by Gasteiger charge is 2.51. The van der Waals surface area contributed by atoms with Crippen LogP contribution in [0.2, 0.25) is 0 Å². The zero-order chi connectivity index (χ0) is 36.3. The topological polar surface area (TPSA) is 183 Å². The molecule has 5 N–H and O–H groups in total. The third-order valence-corrected chi connectivity index (χ3v) is 9.90. The van der Waals surface area contributed by atoms with Gasteiger partial charge in [0.25, 0.3) is 0 Å². The van der Waals surface area contributed by atoms with Gasteiger partial charge >= 0.3 is 0 Å². The van der Waals surface area contributed by atoms with Crippen molar-refractivity contribution in [3.63, 3.8) is 0 Å². The largest absolute Gasteiger partial charge is 0.475 e. The number of nitrogens with zero attached hydrogens (tertiary/aromatic N) is 8. The monoisotopic (exact) mass is 693 g/mol. The van der Waals surface area contributed by atoms with Crippen LogP contribution in [0.3, 0.4) is 0 Å². The standard InChI is InChI=1S/C37H47N11O3/c1-24(2)51-31-12-7-27(19-42-31)33(39)34-29(38)10-11-30(44-34)48-16-14-37(36(48)50)13-15-45(22-37)21-32(49)47-18-17-46(20-25(47)3)28-8-5-26(6-9-28)35(40)43-23-41-4/h5-12,19,23-25,39H,13-18,20-22,38H2,1-4H3,(H2,40,41,43)/t25?,37-/m0/s1. The van der Waals surface area contributed by atoms with Crippen molar-refractivity contribution < 1.29 is 14.3 Å². The molecule has 0 saturated carbocycles. The quantitative estimate of drug-likeness (QED) is 0.212. The van der Waals surface area contributed by atoms with Crippen molar-refractivity contribution in [1.82, 2.24) is 19.8 Å². The molecule has 1 spiro atoms. The van der Waals surface area contributed by atoms with E-state index in [1.54, 1.807) is 42.4 Å². The van der Waals surface area contributed by atoms with E-state index in [-0.39, 0.29) is 36.2 Å². The second kappa shape index (κ2) is 14.9. The van der Waals surface area contributed by atoms with Gasteiger partial charge in [-0.3, -0.25) is 29.8 Å². The Kier molecular flexibility index (Phi) is 10.3. The molecule has 2 amide bonds. The van der Waals surface area contributed by atoms with Crippen molar-refractivity contribution in [3.8, 4) is 5.88 Å². The molecule has 0 bridgehead atoms. The molecule has 3 aliphatic rings. The molecule has 51 heavy (non-hydrogen) atoms. The number of anilines is 3. The van der Waals surface area contributed by atoms with Crippen molar-refractivity contribution in [1.29, 1.82) is 5.41 Å². The smallest absolute Gasteiger partial charge is 0.237 e. The molecule has 14 nitrogen and oxygen atoms in total. The van der Waals surface area contributed by atoms with Crippen LogP contribution in [0.25, 0.3) is 0 Å². The lowest BCUT2D eigenvalue weighted by Gasteiger charge is -2.41. The molecule has 3 fully saturated rings. The maximum Gasteiger partial charge on any atom is 0.237 e. The first-order valence-electron chi connectivity index (χ1n) is 17.4. The Labute approximate surface area is 298 Å². The van der Waals surface area contributed by atoms with Crippen LogP contribution in [0.15, 0.2) is 64.7 Å². The highest BCUT2D eigenvalue weighted by molar-refractivity contribution is 6.13. The molecule has 3 saturated heterocycles. The molecule has 5 heterocycles. The second-order valence-electron chi connectivity index (χ2n) is 13.8. The number of rotatable bonds is 10. The number of nitrogen functional groups attached to an aromatic ring is 1. The van der Waals surface area contributed by atoms with Crippen LogP contribution in [0.5, 0.6) is 5.88 Å². The Morgan fingerprint density at radius 1 is 1.08 bits per heavy atom. The van der Waals surface area contributed by atoms with E-state index in [1.165, 1.54) is 6.34 Å². The number of carbonyl (C=O) groups excluding carboxylic acids is 2. The SMILES string of the molecule is CN=CN=C(N)c1ccc(N2CCN(C(=O)CN3CC[C@]4(CCN(c5ccc(N)c(C(=N)c6ccc(OC(C)C)nc6)n5)C4=O)C3)C(C)C2)cc1. The van der Waals surface area contributed by atoms with Gasteiger partial charge in [-0.1, -0.05) is 0 Å². The van der Waals surface area contributed by atoms with E-state index < -0.39 is 5.41 Å². The van der Waals surface area contributed by atoms with E-state index in [2.05, 4.69) is 31.7 Å². The minimum atomic E-state index is -0.568. The molecule has 3 aromatic rings. The Balaban J connectivity index is 1.05. The molecule has 6 rings (SSSR count). The van der Waals surface area contributed by atoms with Crippen molar-refractivity contribution in [2.24, 2.45) is 21.1 Å². The predicted octanol–water partition coefficient (Wildman–Crippen LogP) is 2.79. The van der Waals surface area contributed by atoms with Gasteiger partial charge in [-0.2, -0.15) is 0 Å². The Hall–Kier alpha value is -5.37. The van der Waals surface area contributed by atoms with E-state index in [0.29, 0.717) is 73.5 Å². The number of benzene rings is 1. The number of piperazine rings is 1. The van der Waals surface area contributed by atoms with E-state index in [9.17, 15) is 9.59 Å². The molecule has 1 aromatic carbocycles. The Morgan fingerprint density at radius 3 is 2.51 bits per heavy atom. The van der Waals surface area contributed by atoms with Gasteiger partial charge in [0.05, 0.1) is 29.5 Å². The first-order valence-corrected chi connectivity index (χ1v) is 17.4. The molecule has 2 aromatic heterocycles. The lowest BCUT2D eigenvalue weighted by molar-refractivity contribution is -0.135. The van der Waals surface area contributed by atoms with Crippen molar-refractivity contribution in [3.05, 3.63) is 71.5 Å². The molecule has 2 atom stereocenters. The zero-order valence-corrected chi connectivity index (χ0v) is 29.7. The van der Waals surface area contributed by atoms with Gasteiger partial charge in [-0.05, 0) is 82.6 Å². The minimum Gasteiger partial charge on any atom is -0.475 e. The van der Waals surface area contributed by atoms with Crippen molar-refractivity contribution >= 4 is 46.9 Å². The van der Waals surface area contributed by atoms with Crippen LogP contribution in [-0.4, -0.2) is 114 Å². The van der Waals surface area contributed by atoms with Gasteiger partial charge < -0.3 is 26.0 Å². The summed E-state index contributed by atoms with van der Waals surface area (Å²) in [4.78, 5) is 52.6. The van der Waals surface area contributed by atoms with Gasteiger partial charge in [0.1, 0.15) is 23.7 Å². The Morgan fingerprint density at radius 2 is 1.82 bits per heavy atom. The predicted molar refractivity (Wildman–Crippen MR) is 200 cm³/mol. The molecule has 1 unspecified atom stereocenters. The highest BCUT2D eigenvalue weighted by atomic mass is 16.5. The summed E-state index contributed by atoms with van der Waals surface area (Å²) in [5.74, 6) is 1.44. The number of likely N-dealkylation sites (tertiary alicyclic amines) is 1. The third kappa shape index (κ3) is 7.55. The summed E-state index contributed by atoms with van der Waals surface area (Å²) in [5, 5.41) is 8.80. The molecule has 268 valence electrons. The fourth-order valence-electron chi connectivity index (χ4n) is 7.18.